The van der Waals surface area contributed by atoms with Crippen molar-refractivity contribution in [1.29, 1.82) is 0 Å². The Hall–Kier alpha value is -0.570. The van der Waals surface area contributed by atoms with Gasteiger partial charge in [-0.3, -0.25) is 4.79 Å². The summed E-state index contributed by atoms with van der Waals surface area (Å²) in [5.41, 5.74) is 0. The number of amides is 1. The van der Waals surface area contributed by atoms with Crippen molar-refractivity contribution in [3.8, 4) is 0 Å². The topological polar surface area (TPSA) is 32.3 Å². The third kappa shape index (κ3) is 8.72. The zero-order chi connectivity index (χ0) is 13.0. The van der Waals surface area contributed by atoms with Crippen LogP contribution in [-0.4, -0.2) is 38.0 Å². The third-order valence-electron chi connectivity index (χ3n) is 2.70. The second-order valence-electron chi connectivity index (χ2n) is 4.10. The monoisotopic (exact) mass is 230 g/mol. The Labute approximate surface area is 102 Å². The van der Waals surface area contributed by atoms with Gasteiger partial charge in [-0.15, -0.1) is 0 Å². The minimum atomic E-state index is 0.727. The molecule has 0 saturated carbocycles. The van der Waals surface area contributed by atoms with Crippen LogP contribution in [0.4, 0.5) is 0 Å². The molecule has 1 aliphatic rings. The van der Waals surface area contributed by atoms with Crippen LogP contribution < -0.4 is 5.32 Å². The largest absolute Gasteiger partial charge is 0.345 e. The Kier molecular flexibility index (Phi) is 13.9. The van der Waals surface area contributed by atoms with Crippen LogP contribution in [0.15, 0.2) is 0 Å². The maximum atomic E-state index is 10.3. The van der Waals surface area contributed by atoms with Crippen molar-refractivity contribution < 1.29 is 4.79 Å². The number of nitrogens with one attached hydrogen (secondary N) is 1. The average molecular weight is 230 g/mol. The average Bonchev–Trinajstić information content (AvgIpc) is 2.81. The van der Waals surface area contributed by atoms with Gasteiger partial charge in [0.05, 0.1) is 0 Å². The van der Waals surface area contributed by atoms with Crippen LogP contribution in [0, 0.1) is 11.8 Å². The van der Waals surface area contributed by atoms with Gasteiger partial charge in [0, 0.05) is 13.1 Å². The fourth-order valence-electron chi connectivity index (χ4n) is 1.46. The van der Waals surface area contributed by atoms with E-state index < -0.39 is 0 Å². The lowest BCUT2D eigenvalue weighted by Crippen LogP contribution is -2.19. The number of hydrogen-bond acceptors (Lipinski definition) is 2. The highest BCUT2D eigenvalue weighted by atomic mass is 16.1. The molecule has 0 aromatic carbocycles. The third-order valence-corrected chi connectivity index (χ3v) is 2.70. The van der Waals surface area contributed by atoms with E-state index in [1.165, 1.54) is 6.42 Å². The summed E-state index contributed by atoms with van der Waals surface area (Å²) in [5.74, 6) is 1.47. The molecule has 1 N–H and O–H groups in total. The molecule has 1 rings (SSSR count). The van der Waals surface area contributed by atoms with Gasteiger partial charge in [0.25, 0.3) is 0 Å². The molecule has 1 atom stereocenters. The number of likely N-dealkylation sites (tertiary alicyclic amines) is 1. The smallest absolute Gasteiger partial charge is 0.209 e. The van der Waals surface area contributed by atoms with Gasteiger partial charge in [-0.2, -0.15) is 0 Å². The molecule has 0 bridgehead atoms. The molecule has 0 aromatic rings. The lowest BCUT2D eigenvalue weighted by molar-refractivity contribution is -0.117. The molecular formula is C13H30N2O. The first-order chi connectivity index (χ1) is 7.65. The van der Waals surface area contributed by atoms with Gasteiger partial charge in [0.15, 0.2) is 0 Å². The van der Waals surface area contributed by atoms with E-state index in [0.29, 0.717) is 0 Å². The summed E-state index contributed by atoms with van der Waals surface area (Å²) in [5, 5.41) is 2.93. The molecule has 1 saturated heterocycles. The van der Waals surface area contributed by atoms with Crippen LogP contribution in [0.5, 0.6) is 0 Å². The zero-order valence-electron chi connectivity index (χ0n) is 11.9. The van der Waals surface area contributed by atoms with E-state index in [9.17, 15) is 4.79 Å². The van der Waals surface area contributed by atoms with E-state index in [4.69, 9.17) is 0 Å². The molecule has 0 spiro atoms. The van der Waals surface area contributed by atoms with Crippen molar-refractivity contribution >= 4 is 6.41 Å². The van der Waals surface area contributed by atoms with Crippen molar-refractivity contribution in [1.82, 2.24) is 10.2 Å². The van der Waals surface area contributed by atoms with Gasteiger partial charge in [0.1, 0.15) is 0 Å². The summed E-state index contributed by atoms with van der Waals surface area (Å²) in [7, 11) is 1.93. The lowest BCUT2D eigenvalue weighted by atomic mass is 9.95. The van der Waals surface area contributed by atoms with Crippen LogP contribution in [0.3, 0.4) is 0 Å². The van der Waals surface area contributed by atoms with Crippen molar-refractivity contribution in [2.24, 2.45) is 11.8 Å². The van der Waals surface area contributed by atoms with Gasteiger partial charge in [-0.05, 0) is 31.8 Å². The molecule has 3 heteroatoms. The fourth-order valence-corrected chi connectivity index (χ4v) is 1.46. The maximum absolute atomic E-state index is 10.3. The van der Waals surface area contributed by atoms with E-state index in [0.717, 1.165) is 37.9 Å². The molecule has 3 nitrogen and oxygen atoms in total. The second kappa shape index (κ2) is 12.5. The summed E-state index contributed by atoms with van der Waals surface area (Å²) in [4.78, 5) is 12.2. The molecule has 0 aromatic heterocycles. The normalized spacial score (nSPS) is 18.4. The first kappa shape index (κ1) is 17.8. The minimum Gasteiger partial charge on any atom is -0.345 e. The molecule has 1 aliphatic heterocycles. The summed E-state index contributed by atoms with van der Waals surface area (Å²) in [6.07, 6.45) is 2.15. The van der Waals surface area contributed by atoms with Crippen molar-refractivity contribution in [3.05, 3.63) is 0 Å². The molecule has 1 unspecified atom stereocenters. The van der Waals surface area contributed by atoms with Crippen LogP contribution in [0.25, 0.3) is 0 Å². The summed E-state index contributed by atoms with van der Waals surface area (Å²) < 4.78 is 0. The van der Waals surface area contributed by atoms with Crippen LogP contribution >= 0.6 is 0 Å². The molecule has 1 heterocycles. The predicted molar refractivity (Wildman–Crippen MR) is 71.5 cm³/mol. The Balaban J connectivity index is 0. The molecule has 1 fully saturated rings. The SMILES string of the molecule is CC.CC(C)C1CCN(C=O)C1.CCNC. The lowest BCUT2D eigenvalue weighted by Gasteiger charge is -2.13. The first-order valence-corrected chi connectivity index (χ1v) is 6.49. The van der Waals surface area contributed by atoms with E-state index in [-0.39, 0.29) is 0 Å². The molecule has 0 radical (unpaired) electrons. The fraction of sp³-hybridized carbons (Fsp3) is 0.923. The first-order valence-electron chi connectivity index (χ1n) is 6.49. The molecule has 0 aliphatic carbocycles. The number of hydrogen-bond donors (Lipinski definition) is 1. The Morgan fingerprint density at radius 3 is 2.12 bits per heavy atom. The molecular weight excluding hydrogens is 200 g/mol. The van der Waals surface area contributed by atoms with Gasteiger partial charge >= 0.3 is 0 Å². The highest BCUT2D eigenvalue weighted by Gasteiger charge is 2.23. The summed E-state index contributed by atoms with van der Waals surface area (Å²) >= 11 is 0. The van der Waals surface area contributed by atoms with Crippen molar-refractivity contribution in [2.45, 2.75) is 41.0 Å². The summed E-state index contributed by atoms with van der Waals surface area (Å²) in [6, 6.07) is 0. The van der Waals surface area contributed by atoms with E-state index >= 15 is 0 Å². The predicted octanol–water partition coefficient (Wildman–Crippen LogP) is 2.37. The molecule has 1 amide bonds. The highest BCUT2D eigenvalue weighted by Crippen LogP contribution is 2.21. The van der Waals surface area contributed by atoms with Crippen molar-refractivity contribution in [2.75, 3.05) is 26.7 Å². The molecule has 98 valence electrons. The maximum Gasteiger partial charge on any atom is 0.209 e. The van der Waals surface area contributed by atoms with Crippen LogP contribution in [-0.2, 0) is 4.79 Å². The van der Waals surface area contributed by atoms with Gasteiger partial charge < -0.3 is 10.2 Å². The van der Waals surface area contributed by atoms with Crippen molar-refractivity contribution in [3.63, 3.8) is 0 Å². The van der Waals surface area contributed by atoms with E-state index in [1.807, 2.05) is 25.8 Å². The number of nitrogens with zero attached hydrogens (tertiary/aromatic N) is 1. The standard InChI is InChI=1S/C8H15NO.C3H9N.C2H6/c1-7(2)8-3-4-9(5-8)6-10;1-3-4-2;1-2/h6-8H,3-5H2,1-2H3;4H,3H2,1-2H3;1-2H3. The van der Waals surface area contributed by atoms with E-state index in [2.05, 4.69) is 26.1 Å². The van der Waals surface area contributed by atoms with E-state index in [1.54, 1.807) is 0 Å². The van der Waals surface area contributed by atoms with Gasteiger partial charge in [0.2, 0.25) is 6.41 Å². The Morgan fingerprint density at radius 2 is 1.94 bits per heavy atom. The van der Waals surface area contributed by atoms with Gasteiger partial charge in [-0.25, -0.2) is 0 Å². The minimum absolute atomic E-state index is 0.727. The summed E-state index contributed by atoms with van der Waals surface area (Å²) in [6.45, 7) is 13.5. The quantitative estimate of drug-likeness (QED) is 0.755. The number of carbonyl (C=O) groups excluding carboxylic acids is 1. The molecule has 16 heavy (non-hydrogen) atoms. The number of carbonyl (C=O) groups is 1. The van der Waals surface area contributed by atoms with Gasteiger partial charge in [-0.1, -0.05) is 34.6 Å². The number of rotatable bonds is 3. The highest BCUT2D eigenvalue weighted by molar-refractivity contribution is 5.47. The van der Waals surface area contributed by atoms with Crippen LogP contribution in [0.1, 0.15) is 41.0 Å². The van der Waals surface area contributed by atoms with Crippen LogP contribution in [0.2, 0.25) is 0 Å². The Bertz CT molecular complexity index is 147. The zero-order valence-corrected chi connectivity index (χ0v) is 11.9. The second-order valence-corrected chi connectivity index (χ2v) is 4.10. The Morgan fingerprint density at radius 1 is 1.44 bits per heavy atom.